The summed E-state index contributed by atoms with van der Waals surface area (Å²) in [6.45, 7) is 3.52. The minimum Gasteiger partial charge on any atom is -0.481 e. The van der Waals surface area contributed by atoms with Crippen LogP contribution in [0.2, 0.25) is 5.02 Å². The van der Waals surface area contributed by atoms with Crippen LogP contribution in [-0.4, -0.2) is 18.0 Å². The molecule has 0 aliphatic rings. The molecule has 0 aromatic heterocycles. The lowest BCUT2D eigenvalue weighted by atomic mass is 10.2. The molecule has 24 heavy (non-hydrogen) atoms. The van der Waals surface area contributed by atoms with Crippen LogP contribution in [0.5, 0.6) is 5.75 Å². The van der Waals surface area contributed by atoms with Gasteiger partial charge in [0, 0.05) is 16.4 Å². The third-order valence-corrected chi connectivity index (χ3v) is 3.47. The van der Waals surface area contributed by atoms with E-state index in [0.29, 0.717) is 22.1 Å². The number of urea groups is 1. The van der Waals surface area contributed by atoms with Gasteiger partial charge in [-0.1, -0.05) is 11.6 Å². The Kier molecular flexibility index (Phi) is 5.65. The zero-order valence-corrected chi connectivity index (χ0v) is 14.1. The Bertz CT molecular complexity index is 747. The van der Waals surface area contributed by atoms with Crippen molar-refractivity contribution >= 4 is 34.9 Å². The van der Waals surface area contributed by atoms with Crippen molar-refractivity contribution in [3.63, 3.8) is 0 Å². The van der Waals surface area contributed by atoms with Gasteiger partial charge in [0.25, 0.3) is 5.91 Å². The molecule has 0 aliphatic carbocycles. The lowest BCUT2D eigenvalue weighted by Crippen LogP contribution is -2.30. The third kappa shape index (κ3) is 4.89. The van der Waals surface area contributed by atoms with Gasteiger partial charge >= 0.3 is 6.03 Å². The molecule has 0 radical (unpaired) electrons. The number of carbonyl (C=O) groups excluding carboxylic acids is 2. The highest BCUT2D eigenvalue weighted by molar-refractivity contribution is 6.30. The Morgan fingerprint density at radius 3 is 2.21 bits per heavy atom. The maximum Gasteiger partial charge on any atom is 0.316 e. The molecule has 0 bridgehead atoms. The second-order valence-corrected chi connectivity index (χ2v) is 5.66. The van der Waals surface area contributed by atoms with E-state index >= 15 is 0 Å². The van der Waals surface area contributed by atoms with E-state index in [9.17, 15) is 9.59 Å². The number of rotatable bonds is 5. The van der Waals surface area contributed by atoms with E-state index in [0.717, 1.165) is 5.56 Å². The first kappa shape index (κ1) is 17.6. The van der Waals surface area contributed by atoms with Gasteiger partial charge < -0.3 is 21.1 Å². The van der Waals surface area contributed by atoms with E-state index in [1.165, 1.54) is 0 Å². The molecule has 0 aliphatic heterocycles. The van der Waals surface area contributed by atoms with Crippen molar-refractivity contribution in [1.29, 1.82) is 0 Å². The molecule has 4 N–H and O–H groups in total. The number of aryl methyl sites for hydroxylation is 1. The average Bonchev–Trinajstić information content (AvgIpc) is 2.51. The summed E-state index contributed by atoms with van der Waals surface area (Å²) in [5, 5.41) is 5.79. The summed E-state index contributed by atoms with van der Waals surface area (Å²) in [5.41, 5.74) is 7.01. The normalized spacial score (nSPS) is 11.5. The molecule has 3 amide bonds. The molecule has 0 saturated heterocycles. The molecule has 2 aromatic carbocycles. The molecule has 2 rings (SSSR count). The number of ether oxygens (including phenoxy) is 1. The summed E-state index contributed by atoms with van der Waals surface area (Å²) in [7, 11) is 0. The molecule has 1 atom stereocenters. The van der Waals surface area contributed by atoms with Crippen LogP contribution in [-0.2, 0) is 4.79 Å². The Hall–Kier alpha value is -2.73. The first-order chi connectivity index (χ1) is 11.3. The van der Waals surface area contributed by atoms with Crippen molar-refractivity contribution in [1.82, 2.24) is 0 Å². The second-order valence-electron chi connectivity index (χ2n) is 5.23. The van der Waals surface area contributed by atoms with Crippen molar-refractivity contribution in [3.8, 4) is 5.75 Å². The zero-order chi connectivity index (χ0) is 17.7. The van der Waals surface area contributed by atoms with Gasteiger partial charge in [-0.25, -0.2) is 4.79 Å². The fourth-order valence-electron chi connectivity index (χ4n) is 2.01. The molecule has 126 valence electrons. The largest absolute Gasteiger partial charge is 0.481 e. The first-order valence-corrected chi connectivity index (χ1v) is 7.63. The molecule has 0 fully saturated rings. The summed E-state index contributed by atoms with van der Waals surface area (Å²) in [6, 6.07) is 11.1. The van der Waals surface area contributed by atoms with Gasteiger partial charge in [-0.3, -0.25) is 4.79 Å². The van der Waals surface area contributed by atoms with Crippen LogP contribution in [0.25, 0.3) is 0 Å². The third-order valence-electron chi connectivity index (χ3n) is 3.23. The number of halogens is 1. The molecule has 0 saturated carbocycles. The number of nitrogens with one attached hydrogen (secondary N) is 2. The van der Waals surface area contributed by atoms with E-state index in [1.54, 1.807) is 49.4 Å². The number of amides is 3. The van der Waals surface area contributed by atoms with Crippen LogP contribution in [0.15, 0.2) is 42.5 Å². The highest BCUT2D eigenvalue weighted by atomic mass is 35.5. The van der Waals surface area contributed by atoms with Gasteiger partial charge in [0.1, 0.15) is 5.75 Å². The van der Waals surface area contributed by atoms with Gasteiger partial charge in [-0.15, -0.1) is 0 Å². The minimum atomic E-state index is -0.687. The topological polar surface area (TPSA) is 93.4 Å². The van der Waals surface area contributed by atoms with E-state index < -0.39 is 12.1 Å². The fourth-order valence-corrected chi connectivity index (χ4v) is 2.24. The number of hydrogen-bond acceptors (Lipinski definition) is 3. The van der Waals surface area contributed by atoms with Crippen LogP contribution >= 0.6 is 11.6 Å². The number of carbonyl (C=O) groups is 2. The van der Waals surface area contributed by atoms with Crippen LogP contribution in [0.3, 0.4) is 0 Å². The van der Waals surface area contributed by atoms with Crippen molar-refractivity contribution in [2.45, 2.75) is 20.0 Å². The highest BCUT2D eigenvalue weighted by Crippen LogP contribution is 2.23. The first-order valence-electron chi connectivity index (χ1n) is 7.25. The maximum absolute atomic E-state index is 12.2. The van der Waals surface area contributed by atoms with Gasteiger partial charge in [0.2, 0.25) is 0 Å². The van der Waals surface area contributed by atoms with Crippen molar-refractivity contribution in [2.24, 2.45) is 5.73 Å². The van der Waals surface area contributed by atoms with E-state index in [2.05, 4.69) is 10.6 Å². The monoisotopic (exact) mass is 347 g/mol. The predicted molar refractivity (Wildman–Crippen MR) is 94.6 cm³/mol. The lowest BCUT2D eigenvalue weighted by molar-refractivity contribution is -0.122. The predicted octanol–water partition coefficient (Wildman–Crippen LogP) is 3.55. The number of benzene rings is 2. The van der Waals surface area contributed by atoms with Crippen LogP contribution in [0, 0.1) is 6.92 Å². The van der Waals surface area contributed by atoms with E-state index in [-0.39, 0.29) is 5.91 Å². The Morgan fingerprint density at radius 2 is 1.67 bits per heavy atom. The molecule has 6 nitrogen and oxygen atoms in total. The van der Waals surface area contributed by atoms with Gasteiger partial charge in [0.05, 0.1) is 0 Å². The van der Waals surface area contributed by atoms with Crippen LogP contribution < -0.4 is 21.1 Å². The smallest absolute Gasteiger partial charge is 0.316 e. The van der Waals surface area contributed by atoms with Crippen molar-refractivity contribution in [2.75, 3.05) is 10.6 Å². The summed E-state index contributed by atoms with van der Waals surface area (Å²) >= 11 is 5.90. The Morgan fingerprint density at radius 1 is 1.08 bits per heavy atom. The lowest BCUT2D eigenvalue weighted by Gasteiger charge is -2.16. The van der Waals surface area contributed by atoms with Crippen LogP contribution in [0.4, 0.5) is 16.2 Å². The molecule has 7 heteroatoms. The van der Waals surface area contributed by atoms with E-state index in [4.69, 9.17) is 22.1 Å². The summed E-state index contributed by atoms with van der Waals surface area (Å²) < 4.78 is 5.67. The zero-order valence-electron chi connectivity index (χ0n) is 13.3. The van der Waals surface area contributed by atoms with E-state index in [1.807, 2.05) is 6.92 Å². The quantitative estimate of drug-likeness (QED) is 0.772. The number of nitrogens with two attached hydrogens (primary N) is 1. The standard InChI is InChI=1S/C17H18ClN3O3/c1-10-9-12(18)3-8-15(10)24-11(2)16(22)20-13-4-6-14(7-5-13)21-17(19)23/h3-9,11H,1-2H3,(H,20,22)(H3,19,21,23). The number of anilines is 2. The average molecular weight is 348 g/mol. The molecular weight excluding hydrogens is 330 g/mol. The summed E-state index contributed by atoms with van der Waals surface area (Å²) in [6.07, 6.45) is -0.687. The molecule has 1 unspecified atom stereocenters. The van der Waals surface area contributed by atoms with Gasteiger partial charge in [-0.2, -0.15) is 0 Å². The maximum atomic E-state index is 12.2. The minimum absolute atomic E-state index is 0.292. The fraction of sp³-hybridized carbons (Fsp3) is 0.176. The van der Waals surface area contributed by atoms with Gasteiger partial charge in [-0.05, 0) is 61.9 Å². The number of hydrogen-bond donors (Lipinski definition) is 3. The molecule has 0 heterocycles. The van der Waals surface area contributed by atoms with Crippen molar-refractivity contribution < 1.29 is 14.3 Å². The van der Waals surface area contributed by atoms with Crippen molar-refractivity contribution in [3.05, 3.63) is 53.1 Å². The second kappa shape index (κ2) is 7.70. The SMILES string of the molecule is Cc1cc(Cl)ccc1OC(C)C(=O)Nc1ccc(NC(N)=O)cc1. The highest BCUT2D eigenvalue weighted by Gasteiger charge is 2.16. The Balaban J connectivity index is 1.97. The summed E-state index contributed by atoms with van der Waals surface area (Å²) in [4.78, 5) is 23.0. The Labute approximate surface area is 144 Å². The van der Waals surface area contributed by atoms with Crippen LogP contribution in [0.1, 0.15) is 12.5 Å². The molecule has 2 aromatic rings. The summed E-state index contributed by atoms with van der Waals surface area (Å²) in [5.74, 6) is 0.308. The van der Waals surface area contributed by atoms with Gasteiger partial charge in [0.15, 0.2) is 6.10 Å². The number of primary amides is 1. The molecular formula is C17H18ClN3O3. The molecule has 0 spiro atoms.